The van der Waals surface area contributed by atoms with Gasteiger partial charge in [0.15, 0.2) is 11.6 Å². The van der Waals surface area contributed by atoms with Gasteiger partial charge in [-0.3, -0.25) is 9.59 Å². The second-order valence-electron chi connectivity index (χ2n) is 13.0. The van der Waals surface area contributed by atoms with Crippen molar-refractivity contribution in [3.05, 3.63) is 131 Å². The number of benzene rings is 3. The standard InChI is InChI=1S/3C8H10O.C8H8O.2C6H13N.C2H6/c4*1-7(9)8-5-3-2-4-6-8;2*1-7-5-3-2-4-6-7;1-2/h3,5-6H,2,4H2,1H3;2*2-7,9H,1H3;2-6H,1H3;2*2-6H2,1H3;1-2H3. The second-order valence-corrected chi connectivity index (χ2v) is 13.0. The van der Waals surface area contributed by atoms with Crippen LogP contribution in [0.4, 0.5) is 0 Å². The summed E-state index contributed by atoms with van der Waals surface area (Å²) in [5.41, 5.74) is 3.58. The van der Waals surface area contributed by atoms with Crippen molar-refractivity contribution >= 4 is 11.6 Å². The monoisotopic (exact) mass is 715 g/mol. The first-order valence-corrected chi connectivity index (χ1v) is 19.3. The number of nitrogens with zero attached hydrogens (tertiary/aromatic N) is 2. The number of carbonyl (C=O) groups excluding carboxylic acids is 2. The Morgan fingerprint density at radius 3 is 1.12 bits per heavy atom. The van der Waals surface area contributed by atoms with Crippen molar-refractivity contribution in [3.63, 3.8) is 0 Å². The number of likely N-dealkylation sites (tertiary alicyclic amines) is 2. The topological polar surface area (TPSA) is 81.1 Å². The van der Waals surface area contributed by atoms with Crippen LogP contribution in [0, 0.1) is 0 Å². The maximum Gasteiger partial charge on any atom is 0.159 e. The summed E-state index contributed by atoms with van der Waals surface area (Å²) in [6.45, 7) is 16.0. The van der Waals surface area contributed by atoms with Crippen molar-refractivity contribution < 1.29 is 19.8 Å². The van der Waals surface area contributed by atoms with Crippen molar-refractivity contribution in [1.29, 1.82) is 0 Å². The molecule has 6 rings (SSSR count). The summed E-state index contributed by atoms with van der Waals surface area (Å²) < 4.78 is 0. The number of ketones is 2. The second kappa shape index (κ2) is 32.0. The number of aliphatic hydroxyl groups is 2. The van der Waals surface area contributed by atoms with E-state index in [0.717, 1.165) is 35.1 Å². The molecule has 6 heteroatoms. The van der Waals surface area contributed by atoms with E-state index in [1.54, 1.807) is 27.7 Å². The molecule has 0 aromatic heterocycles. The van der Waals surface area contributed by atoms with Crippen molar-refractivity contribution in [2.24, 2.45) is 0 Å². The van der Waals surface area contributed by atoms with Crippen LogP contribution in [-0.2, 0) is 4.79 Å². The zero-order valence-electron chi connectivity index (χ0n) is 33.6. The molecule has 2 unspecified atom stereocenters. The lowest BCUT2D eigenvalue weighted by molar-refractivity contribution is -0.113. The molecule has 288 valence electrons. The lowest BCUT2D eigenvalue weighted by Crippen LogP contribution is -2.24. The van der Waals surface area contributed by atoms with Crippen LogP contribution >= 0.6 is 0 Å². The van der Waals surface area contributed by atoms with E-state index in [0.29, 0.717) is 0 Å². The molecule has 0 spiro atoms. The molecule has 3 aliphatic rings. The molecule has 0 radical (unpaired) electrons. The van der Waals surface area contributed by atoms with Crippen LogP contribution < -0.4 is 0 Å². The van der Waals surface area contributed by atoms with Crippen molar-refractivity contribution in [2.75, 3.05) is 40.3 Å². The summed E-state index contributed by atoms with van der Waals surface area (Å²) in [5.74, 6) is 0.293. The Bertz CT molecular complexity index is 1270. The van der Waals surface area contributed by atoms with Gasteiger partial charge in [0.1, 0.15) is 0 Å². The Hall–Kier alpha value is -3.68. The molecule has 2 N–H and O–H groups in total. The third-order valence-corrected chi connectivity index (χ3v) is 8.31. The first-order valence-electron chi connectivity index (χ1n) is 19.3. The number of allylic oxidation sites excluding steroid dienone is 4. The molecule has 2 aliphatic heterocycles. The summed E-state index contributed by atoms with van der Waals surface area (Å²) in [5, 5.41) is 18.0. The highest BCUT2D eigenvalue weighted by Crippen LogP contribution is 2.11. The van der Waals surface area contributed by atoms with Crippen molar-refractivity contribution in [1.82, 2.24) is 9.80 Å². The molecule has 1 aliphatic carbocycles. The minimum atomic E-state index is -0.341. The Morgan fingerprint density at radius 2 is 0.923 bits per heavy atom. The average Bonchev–Trinajstić information content (AvgIpc) is 3.19. The van der Waals surface area contributed by atoms with Crippen LogP contribution in [0.15, 0.2) is 115 Å². The highest BCUT2D eigenvalue weighted by Gasteiger charge is 2.03. The number of carbonyl (C=O) groups is 2. The lowest BCUT2D eigenvalue weighted by atomic mass is 10.0. The molecular weight excluding hydrogens is 645 g/mol. The molecule has 0 bridgehead atoms. The molecule has 2 heterocycles. The van der Waals surface area contributed by atoms with Gasteiger partial charge in [-0.15, -0.1) is 0 Å². The molecule has 6 nitrogen and oxygen atoms in total. The van der Waals surface area contributed by atoms with Gasteiger partial charge in [0, 0.05) is 11.1 Å². The van der Waals surface area contributed by atoms with Crippen molar-refractivity contribution in [2.45, 2.75) is 105 Å². The third-order valence-electron chi connectivity index (χ3n) is 8.31. The molecular formula is C46H70N2O4. The van der Waals surface area contributed by atoms with Crippen LogP contribution in [0.25, 0.3) is 0 Å². The fourth-order valence-electron chi connectivity index (χ4n) is 5.11. The van der Waals surface area contributed by atoms with Gasteiger partial charge in [0.05, 0.1) is 12.2 Å². The first kappa shape index (κ1) is 48.3. The van der Waals surface area contributed by atoms with Gasteiger partial charge in [0.2, 0.25) is 0 Å². The minimum Gasteiger partial charge on any atom is -0.389 e. The third kappa shape index (κ3) is 26.1. The van der Waals surface area contributed by atoms with E-state index in [9.17, 15) is 9.59 Å². The van der Waals surface area contributed by atoms with Crippen LogP contribution in [0.1, 0.15) is 127 Å². The van der Waals surface area contributed by atoms with E-state index in [-0.39, 0.29) is 23.8 Å². The van der Waals surface area contributed by atoms with Gasteiger partial charge in [-0.05, 0) is 118 Å². The zero-order valence-corrected chi connectivity index (χ0v) is 33.6. The van der Waals surface area contributed by atoms with E-state index in [1.165, 1.54) is 64.7 Å². The number of Topliss-reactive ketones (excluding diaryl/α,β-unsaturated/α-hetero) is 2. The molecule has 2 saturated heterocycles. The zero-order chi connectivity index (χ0) is 39.0. The highest BCUT2D eigenvalue weighted by atomic mass is 16.3. The number of aliphatic hydroxyl groups excluding tert-OH is 2. The van der Waals surface area contributed by atoms with Gasteiger partial charge >= 0.3 is 0 Å². The molecule has 0 amide bonds. The Kier molecular flexibility index (Phi) is 29.7. The van der Waals surface area contributed by atoms with E-state index < -0.39 is 0 Å². The summed E-state index contributed by atoms with van der Waals surface area (Å²) in [4.78, 5) is 26.1. The highest BCUT2D eigenvalue weighted by molar-refractivity contribution is 5.96. The molecule has 2 fully saturated rings. The summed E-state index contributed by atoms with van der Waals surface area (Å²) >= 11 is 0. The maximum absolute atomic E-state index is 10.7. The van der Waals surface area contributed by atoms with Gasteiger partial charge in [0.25, 0.3) is 0 Å². The van der Waals surface area contributed by atoms with E-state index in [1.807, 2.05) is 123 Å². The fraction of sp³-hybridized carbons (Fsp3) is 0.478. The van der Waals surface area contributed by atoms with E-state index in [2.05, 4.69) is 23.9 Å². The molecule has 2 atom stereocenters. The van der Waals surface area contributed by atoms with Crippen LogP contribution in [-0.4, -0.2) is 71.9 Å². The number of rotatable bonds is 4. The number of hydrogen-bond donors (Lipinski definition) is 2. The van der Waals surface area contributed by atoms with E-state index >= 15 is 0 Å². The average molecular weight is 715 g/mol. The fourth-order valence-corrected chi connectivity index (χ4v) is 5.11. The number of piperidine rings is 2. The molecule has 3 aromatic rings. The normalized spacial score (nSPS) is 16.0. The smallest absolute Gasteiger partial charge is 0.159 e. The lowest BCUT2D eigenvalue weighted by Gasteiger charge is -2.20. The van der Waals surface area contributed by atoms with Crippen LogP contribution in [0.3, 0.4) is 0 Å². The van der Waals surface area contributed by atoms with E-state index in [4.69, 9.17) is 10.2 Å². The summed E-state index contributed by atoms with van der Waals surface area (Å²) in [6.07, 6.45) is 15.9. The summed E-state index contributed by atoms with van der Waals surface area (Å²) in [6, 6.07) is 28.4. The predicted molar refractivity (Wildman–Crippen MR) is 222 cm³/mol. The summed E-state index contributed by atoms with van der Waals surface area (Å²) in [7, 11) is 4.39. The molecule has 0 saturated carbocycles. The van der Waals surface area contributed by atoms with Crippen LogP contribution in [0.2, 0.25) is 0 Å². The Labute approximate surface area is 317 Å². The quantitative estimate of drug-likeness (QED) is 0.262. The van der Waals surface area contributed by atoms with Gasteiger partial charge in [-0.1, -0.05) is 136 Å². The Morgan fingerprint density at radius 1 is 0.558 bits per heavy atom. The molecule has 3 aromatic carbocycles. The maximum atomic E-state index is 10.7. The van der Waals surface area contributed by atoms with Gasteiger partial charge in [-0.2, -0.15) is 0 Å². The largest absolute Gasteiger partial charge is 0.389 e. The SMILES string of the molecule is CC.CC(=O)C1=CCCC=C1.CC(=O)c1ccccc1.CC(O)c1ccccc1.CC(O)c1ccccc1.CN1CCCCC1.CN1CCCCC1. The Balaban J connectivity index is 0.000000596. The first-order chi connectivity index (χ1) is 25.0. The van der Waals surface area contributed by atoms with Gasteiger partial charge < -0.3 is 20.0 Å². The van der Waals surface area contributed by atoms with Gasteiger partial charge in [-0.25, -0.2) is 0 Å². The van der Waals surface area contributed by atoms with Crippen molar-refractivity contribution in [3.8, 4) is 0 Å². The number of hydrogen-bond acceptors (Lipinski definition) is 6. The van der Waals surface area contributed by atoms with Crippen LogP contribution in [0.5, 0.6) is 0 Å². The molecule has 52 heavy (non-hydrogen) atoms. The minimum absolute atomic E-state index is 0.121. The predicted octanol–water partition coefficient (Wildman–Crippen LogP) is 10.5.